The molecule has 0 spiro atoms. The number of alkyl halides is 3. The van der Waals surface area contributed by atoms with Gasteiger partial charge in [-0.2, -0.15) is 13.2 Å². The van der Waals surface area contributed by atoms with Crippen LogP contribution < -0.4 is 5.73 Å². The van der Waals surface area contributed by atoms with E-state index < -0.39 is 11.7 Å². The van der Waals surface area contributed by atoms with Gasteiger partial charge in [0.05, 0.1) is 11.3 Å². The molecule has 1 aliphatic rings. The van der Waals surface area contributed by atoms with E-state index in [4.69, 9.17) is 5.73 Å². The molecule has 0 radical (unpaired) electrons. The highest BCUT2D eigenvalue weighted by atomic mass is 32.1. The smallest absolute Gasteiger partial charge is 0.375 e. The maximum Gasteiger partial charge on any atom is 0.416 e. The lowest BCUT2D eigenvalue weighted by molar-refractivity contribution is -0.137. The number of hydrogen-bond donors (Lipinski definition) is 1. The summed E-state index contributed by atoms with van der Waals surface area (Å²) in [5.74, 6) is 0. The van der Waals surface area contributed by atoms with E-state index in [-0.39, 0.29) is 0 Å². The minimum Gasteiger partial charge on any atom is -0.375 e. The van der Waals surface area contributed by atoms with E-state index in [2.05, 4.69) is 9.88 Å². The molecule has 24 heavy (non-hydrogen) atoms. The molecule has 3 nitrogen and oxygen atoms in total. The Morgan fingerprint density at radius 1 is 1.17 bits per heavy atom. The van der Waals surface area contributed by atoms with Gasteiger partial charge >= 0.3 is 6.18 Å². The molecular weight excluding hydrogens is 335 g/mol. The van der Waals surface area contributed by atoms with E-state index in [0.29, 0.717) is 5.13 Å². The van der Waals surface area contributed by atoms with Crippen LogP contribution in [0.4, 0.5) is 18.3 Å². The average Bonchev–Trinajstić information content (AvgIpc) is 2.79. The van der Waals surface area contributed by atoms with Crippen LogP contribution in [0, 0.1) is 0 Å². The largest absolute Gasteiger partial charge is 0.416 e. The highest BCUT2D eigenvalue weighted by Crippen LogP contribution is 2.29. The number of thiazole rings is 1. The third-order valence-corrected chi connectivity index (χ3v) is 5.01. The quantitative estimate of drug-likeness (QED) is 0.911. The summed E-state index contributed by atoms with van der Waals surface area (Å²) in [6.07, 6.45) is 1.39. The number of hydrogen-bond acceptors (Lipinski definition) is 4. The van der Waals surface area contributed by atoms with Gasteiger partial charge in [-0.25, -0.2) is 4.98 Å². The van der Waals surface area contributed by atoms with Crippen molar-refractivity contribution in [3.05, 3.63) is 52.0 Å². The van der Waals surface area contributed by atoms with Gasteiger partial charge in [0.15, 0.2) is 5.13 Å². The van der Waals surface area contributed by atoms with Gasteiger partial charge in [-0.1, -0.05) is 24.3 Å². The number of anilines is 1. The fraction of sp³-hybridized carbons (Fsp3) is 0.353. The van der Waals surface area contributed by atoms with E-state index in [0.717, 1.165) is 55.9 Å². The van der Waals surface area contributed by atoms with Gasteiger partial charge in [0, 0.05) is 30.9 Å². The normalized spacial score (nSPS) is 16.3. The maximum atomic E-state index is 12.5. The van der Waals surface area contributed by atoms with Gasteiger partial charge in [0.2, 0.25) is 0 Å². The molecule has 0 saturated heterocycles. The first kappa shape index (κ1) is 17.0. The molecular formula is C17H18F3N3S. The zero-order valence-corrected chi connectivity index (χ0v) is 13.8. The first-order valence-corrected chi connectivity index (χ1v) is 8.53. The number of benzene rings is 1. The zero-order valence-electron chi connectivity index (χ0n) is 13.0. The predicted octanol–water partition coefficient (Wildman–Crippen LogP) is 3.86. The Hall–Kier alpha value is -1.86. The number of halogens is 3. The summed E-state index contributed by atoms with van der Waals surface area (Å²) in [7, 11) is 0. The Kier molecular flexibility index (Phi) is 4.91. The second-order valence-electron chi connectivity index (χ2n) is 5.74. The molecule has 1 aliphatic heterocycles. The van der Waals surface area contributed by atoms with Gasteiger partial charge in [-0.15, -0.1) is 11.3 Å². The van der Waals surface area contributed by atoms with Crippen LogP contribution in [0.15, 0.2) is 30.3 Å². The second-order valence-corrected chi connectivity index (χ2v) is 6.86. The number of aromatic nitrogens is 1. The molecule has 128 valence electrons. The minimum absolute atomic E-state index is 0.620. The molecule has 2 heterocycles. The van der Waals surface area contributed by atoms with Crippen molar-refractivity contribution in [2.75, 3.05) is 25.4 Å². The number of nitrogens with zero attached hydrogens (tertiary/aromatic N) is 2. The van der Waals surface area contributed by atoms with Crippen LogP contribution in [0.3, 0.4) is 0 Å². The van der Waals surface area contributed by atoms with Gasteiger partial charge in [0.1, 0.15) is 0 Å². The number of rotatable bonds is 3. The van der Waals surface area contributed by atoms with E-state index in [1.54, 1.807) is 11.3 Å². The van der Waals surface area contributed by atoms with Crippen LogP contribution in [0.5, 0.6) is 0 Å². The molecule has 2 aromatic rings. The van der Waals surface area contributed by atoms with Crippen molar-refractivity contribution in [3.8, 4) is 0 Å². The molecule has 3 rings (SSSR count). The molecule has 0 bridgehead atoms. The molecule has 2 N–H and O–H groups in total. The predicted molar refractivity (Wildman–Crippen MR) is 90.9 cm³/mol. The Balaban J connectivity index is 1.54. The SMILES string of the molecule is Nc1nc2c(s1)CCN(C/C=C/c1ccc(C(F)(F)F)cc1)CC2. The van der Waals surface area contributed by atoms with Gasteiger partial charge < -0.3 is 5.73 Å². The first-order chi connectivity index (χ1) is 11.4. The van der Waals surface area contributed by atoms with E-state index in [1.165, 1.54) is 17.0 Å². The summed E-state index contributed by atoms with van der Waals surface area (Å²) in [5, 5.41) is 0.635. The number of nitrogens with two attached hydrogens (primary N) is 1. The maximum absolute atomic E-state index is 12.5. The fourth-order valence-electron chi connectivity index (χ4n) is 2.73. The lowest BCUT2D eigenvalue weighted by Crippen LogP contribution is -2.26. The zero-order chi connectivity index (χ0) is 17.2. The highest BCUT2D eigenvalue weighted by molar-refractivity contribution is 7.15. The Morgan fingerprint density at radius 2 is 1.88 bits per heavy atom. The highest BCUT2D eigenvalue weighted by Gasteiger charge is 2.29. The number of nitrogen functional groups attached to an aromatic ring is 1. The van der Waals surface area contributed by atoms with Gasteiger partial charge in [0.25, 0.3) is 0 Å². The first-order valence-electron chi connectivity index (χ1n) is 7.72. The van der Waals surface area contributed by atoms with Crippen LogP contribution >= 0.6 is 11.3 Å². The average molecular weight is 353 g/mol. The van der Waals surface area contributed by atoms with Crippen molar-refractivity contribution in [1.82, 2.24) is 9.88 Å². The molecule has 0 unspecified atom stereocenters. The van der Waals surface area contributed by atoms with Crippen LogP contribution in [0.2, 0.25) is 0 Å². The van der Waals surface area contributed by atoms with Crippen molar-refractivity contribution in [2.24, 2.45) is 0 Å². The molecule has 0 atom stereocenters. The third-order valence-electron chi connectivity index (χ3n) is 4.03. The second kappa shape index (κ2) is 6.94. The lowest BCUT2D eigenvalue weighted by atomic mass is 10.1. The summed E-state index contributed by atoms with van der Waals surface area (Å²) >= 11 is 1.56. The standard InChI is InChI=1S/C17H18F3N3S/c18-17(19,20)13-5-3-12(4-6-13)2-1-9-23-10-7-14-15(8-11-23)24-16(21)22-14/h1-6H,7-11H2,(H2,21,22)/b2-1+. The van der Waals surface area contributed by atoms with Crippen molar-refractivity contribution < 1.29 is 13.2 Å². The van der Waals surface area contributed by atoms with Crippen molar-refractivity contribution >= 4 is 22.5 Å². The van der Waals surface area contributed by atoms with Crippen LogP contribution in [0.25, 0.3) is 6.08 Å². The molecule has 0 aliphatic carbocycles. The minimum atomic E-state index is -4.29. The Bertz CT molecular complexity index is 694. The molecule has 0 amide bonds. The van der Waals surface area contributed by atoms with Crippen LogP contribution in [0.1, 0.15) is 21.7 Å². The molecule has 0 fully saturated rings. The third kappa shape index (κ3) is 4.15. The van der Waals surface area contributed by atoms with E-state index in [1.807, 2.05) is 12.2 Å². The molecule has 0 saturated carbocycles. The molecule has 1 aromatic heterocycles. The molecule has 1 aromatic carbocycles. The van der Waals surface area contributed by atoms with Gasteiger partial charge in [-0.3, -0.25) is 4.90 Å². The van der Waals surface area contributed by atoms with Crippen molar-refractivity contribution in [1.29, 1.82) is 0 Å². The lowest BCUT2D eigenvalue weighted by Gasteiger charge is -2.17. The summed E-state index contributed by atoms with van der Waals surface area (Å²) in [6.45, 7) is 2.62. The topological polar surface area (TPSA) is 42.1 Å². The van der Waals surface area contributed by atoms with Crippen molar-refractivity contribution in [3.63, 3.8) is 0 Å². The summed E-state index contributed by atoms with van der Waals surface area (Å²) < 4.78 is 37.6. The van der Waals surface area contributed by atoms with Crippen LogP contribution in [-0.4, -0.2) is 29.5 Å². The summed E-state index contributed by atoms with van der Waals surface area (Å²) in [6, 6.07) is 5.21. The Morgan fingerprint density at radius 3 is 2.58 bits per heavy atom. The van der Waals surface area contributed by atoms with Gasteiger partial charge in [-0.05, 0) is 24.1 Å². The van der Waals surface area contributed by atoms with Crippen LogP contribution in [-0.2, 0) is 19.0 Å². The monoisotopic (exact) mass is 353 g/mol. The van der Waals surface area contributed by atoms with Crippen molar-refractivity contribution in [2.45, 2.75) is 19.0 Å². The summed E-state index contributed by atoms with van der Waals surface area (Å²) in [5.41, 5.74) is 6.99. The Labute approximate surface area is 142 Å². The summed E-state index contributed by atoms with van der Waals surface area (Å²) in [4.78, 5) is 7.94. The number of fused-ring (bicyclic) bond motifs is 1. The van der Waals surface area contributed by atoms with E-state index in [9.17, 15) is 13.2 Å². The molecule has 7 heteroatoms. The van der Waals surface area contributed by atoms with E-state index >= 15 is 0 Å². The fourth-order valence-corrected chi connectivity index (χ4v) is 3.60.